The lowest BCUT2D eigenvalue weighted by atomic mass is 10.2. The van der Waals surface area contributed by atoms with Crippen LogP contribution < -0.4 is 15.4 Å². The van der Waals surface area contributed by atoms with Crippen molar-refractivity contribution in [1.82, 2.24) is 24.8 Å². The molecule has 2 heterocycles. The minimum absolute atomic E-state index is 0.150. The van der Waals surface area contributed by atoms with Crippen LogP contribution in [0, 0.1) is 6.92 Å². The van der Waals surface area contributed by atoms with Crippen molar-refractivity contribution in [3.05, 3.63) is 60.4 Å². The van der Waals surface area contributed by atoms with E-state index in [1.807, 2.05) is 23.8 Å². The van der Waals surface area contributed by atoms with Gasteiger partial charge < -0.3 is 15.4 Å². The van der Waals surface area contributed by atoms with Gasteiger partial charge in [-0.1, -0.05) is 6.07 Å². The van der Waals surface area contributed by atoms with Crippen LogP contribution >= 0.6 is 0 Å². The molecule has 0 aliphatic rings. The highest BCUT2D eigenvalue weighted by Crippen LogP contribution is 2.12. The molecule has 1 amide bonds. The van der Waals surface area contributed by atoms with Crippen LogP contribution in [0.4, 0.5) is 5.82 Å². The normalized spacial score (nSPS) is 10.4. The standard InChI is InChI=1S/C18H20N6O2/c1-13-19-8-9-24(13)17-11-16(22-12-23-17)20-6-7-21-18(25)14-4-3-5-15(10-14)26-2/h3-5,8-12H,6-7H2,1-2H3,(H,21,25)(H,20,22,23). The van der Waals surface area contributed by atoms with Gasteiger partial charge in [0.1, 0.15) is 29.5 Å². The van der Waals surface area contributed by atoms with E-state index in [0.29, 0.717) is 30.2 Å². The second kappa shape index (κ2) is 8.11. The quantitative estimate of drug-likeness (QED) is 0.630. The number of carbonyl (C=O) groups excluding carboxylic acids is 1. The molecule has 0 saturated heterocycles. The minimum atomic E-state index is -0.150. The summed E-state index contributed by atoms with van der Waals surface area (Å²) in [5.74, 6) is 2.76. The van der Waals surface area contributed by atoms with Crippen molar-refractivity contribution in [2.45, 2.75) is 6.92 Å². The molecule has 0 atom stereocenters. The van der Waals surface area contributed by atoms with E-state index in [0.717, 1.165) is 11.6 Å². The summed E-state index contributed by atoms with van der Waals surface area (Å²) in [5, 5.41) is 6.03. The van der Waals surface area contributed by atoms with Crippen LogP contribution in [-0.4, -0.2) is 45.6 Å². The largest absolute Gasteiger partial charge is 0.497 e. The zero-order valence-electron chi connectivity index (χ0n) is 14.6. The molecule has 8 heteroatoms. The summed E-state index contributed by atoms with van der Waals surface area (Å²) in [5.41, 5.74) is 0.559. The molecule has 0 aliphatic heterocycles. The Bertz CT molecular complexity index is 893. The van der Waals surface area contributed by atoms with Gasteiger partial charge >= 0.3 is 0 Å². The zero-order chi connectivity index (χ0) is 18.4. The van der Waals surface area contributed by atoms with Crippen molar-refractivity contribution in [2.24, 2.45) is 0 Å². The topological polar surface area (TPSA) is 94.0 Å². The molecule has 0 aliphatic carbocycles. The second-order valence-electron chi connectivity index (χ2n) is 5.52. The van der Waals surface area contributed by atoms with Gasteiger partial charge in [0, 0.05) is 37.1 Å². The number of nitrogens with zero attached hydrogens (tertiary/aromatic N) is 4. The Hall–Kier alpha value is -3.42. The number of hydrogen-bond donors (Lipinski definition) is 2. The van der Waals surface area contributed by atoms with Gasteiger partial charge in [-0.2, -0.15) is 0 Å². The van der Waals surface area contributed by atoms with Crippen LogP contribution in [0.2, 0.25) is 0 Å². The maximum absolute atomic E-state index is 12.1. The van der Waals surface area contributed by atoms with E-state index in [9.17, 15) is 4.79 Å². The number of methoxy groups -OCH3 is 1. The van der Waals surface area contributed by atoms with E-state index in [4.69, 9.17) is 4.74 Å². The van der Waals surface area contributed by atoms with Crippen molar-refractivity contribution in [1.29, 1.82) is 0 Å². The molecule has 1 aromatic carbocycles. The van der Waals surface area contributed by atoms with E-state index < -0.39 is 0 Å². The fourth-order valence-corrected chi connectivity index (χ4v) is 2.43. The van der Waals surface area contributed by atoms with Crippen LogP contribution in [0.1, 0.15) is 16.2 Å². The molecule has 3 rings (SSSR count). The van der Waals surface area contributed by atoms with Crippen molar-refractivity contribution in [3.8, 4) is 11.6 Å². The minimum Gasteiger partial charge on any atom is -0.497 e. The van der Waals surface area contributed by atoms with Crippen LogP contribution in [0.25, 0.3) is 5.82 Å². The summed E-state index contributed by atoms with van der Waals surface area (Å²) < 4.78 is 7.00. The molecule has 0 unspecified atom stereocenters. The monoisotopic (exact) mass is 352 g/mol. The molecule has 0 radical (unpaired) electrons. The van der Waals surface area contributed by atoms with E-state index in [1.54, 1.807) is 37.6 Å². The number of nitrogens with one attached hydrogen (secondary N) is 2. The van der Waals surface area contributed by atoms with Gasteiger partial charge in [-0.3, -0.25) is 9.36 Å². The third-order valence-corrected chi connectivity index (χ3v) is 3.77. The Kier molecular flexibility index (Phi) is 5.43. The molecule has 26 heavy (non-hydrogen) atoms. The second-order valence-corrected chi connectivity index (χ2v) is 5.52. The fourth-order valence-electron chi connectivity index (χ4n) is 2.43. The number of benzene rings is 1. The Balaban J connectivity index is 1.52. The van der Waals surface area contributed by atoms with Gasteiger partial charge in [0.15, 0.2) is 0 Å². The first-order valence-corrected chi connectivity index (χ1v) is 8.16. The van der Waals surface area contributed by atoms with Gasteiger partial charge in [0.05, 0.1) is 7.11 Å². The van der Waals surface area contributed by atoms with Crippen LogP contribution in [0.5, 0.6) is 5.75 Å². The van der Waals surface area contributed by atoms with Crippen LogP contribution in [0.3, 0.4) is 0 Å². The average molecular weight is 352 g/mol. The predicted molar refractivity (Wildman–Crippen MR) is 97.7 cm³/mol. The Morgan fingerprint density at radius 3 is 2.85 bits per heavy atom. The maximum atomic E-state index is 12.1. The molecule has 0 fully saturated rings. The molecule has 8 nitrogen and oxygen atoms in total. The van der Waals surface area contributed by atoms with Crippen molar-refractivity contribution in [3.63, 3.8) is 0 Å². The van der Waals surface area contributed by atoms with Crippen molar-refractivity contribution in [2.75, 3.05) is 25.5 Å². The Labute approximate surface area is 151 Å². The molecular formula is C18H20N6O2. The van der Waals surface area contributed by atoms with Gasteiger partial charge in [0.25, 0.3) is 5.91 Å². The number of carbonyl (C=O) groups is 1. The number of aryl methyl sites for hydroxylation is 1. The number of amides is 1. The highest BCUT2D eigenvalue weighted by atomic mass is 16.5. The summed E-state index contributed by atoms with van der Waals surface area (Å²) >= 11 is 0. The lowest BCUT2D eigenvalue weighted by Crippen LogP contribution is -2.28. The van der Waals surface area contributed by atoms with Crippen molar-refractivity contribution < 1.29 is 9.53 Å². The number of hydrogen-bond acceptors (Lipinski definition) is 6. The van der Waals surface area contributed by atoms with Gasteiger partial charge in [-0.25, -0.2) is 15.0 Å². The van der Waals surface area contributed by atoms with Gasteiger partial charge in [-0.15, -0.1) is 0 Å². The molecule has 0 spiro atoms. The average Bonchev–Trinajstić information content (AvgIpc) is 3.11. The number of imidazole rings is 1. The molecule has 0 bridgehead atoms. The highest BCUT2D eigenvalue weighted by molar-refractivity contribution is 5.94. The first kappa shape index (κ1) is 17.4. The van der Waals surface area contributed by atoms with Crippen molar-refractivity contribution >= 4 is 11.7 Å². The number of ether oxygens (including phenoxy) is 1. The lowest BCUT2D eigenvalue weighted by molar-refractivity contribution is 0.0955. The number of anilines is 1. The highest BCUT2D eigenvalue weighted by Gasteiger charge is 2.06. The summed E-state index contributed by atoms with van der Waals surface area (Å²) in [6.07, 6.45) is 5.06. The van der Waals surface area contributed by atoms with Gasteiger partial charge in [0.2, 0.25) is 0 Å². The Morgan fingerprint density at radius 2 is 2.08 bits per heavy atom. The lowest BCUT2D eigenvalue weighted by Gasteiger charge is -2.09. The predicted octanol–water partition coefficient (Wildman–Crippen LogP) is 1.82. The summed E-state index contributed by atoms with van der Waals surface area (Å²) in [6.45, 7) is 2.90. The number of aromatic nitrogens is 4. The summed E-state index contributed by atoms with van der Waals surface area (Å²) in [4.78, 5) is 24.8. The first-order valence-electron chi connectivity index (χ1n) is 8.16. The molecule has 2 N–H and O–H groups in total. The molecule has 134 valence electrons. The molecule has 0 saturated carbocycles. The molecule has 2 aromatic heterocycles. The SMILES string of the molecule is COc1cccc(C(=O)NCCNc2cc(-n3ccnc3C)ncn2)c1. The molecule has 3 aromatic rings. The summed E-state index contributed by atoms with van der Waals surface area (Å²) in [7, 11) is 1.57. The zero-order valence-corrected chi connectivity index (χ0v) is 14.6. The van der Waals surface area contributed by atoms with E-state index >= 15 is 0 Å². The Morgan fingerprint density at radius 1 is 1.19 bits per heavy atom. The first-order chi connectivity index (χ1) is 12.7. The summed E-state index contributed by atoms with van der Waals surface area (Å²) in [6, 6.07) is 8.86. The molecular weight excluding hydrogens is 332 g/mol. The van der Waals surface area contributed by atoms with E-state index in [2.05, 4.69) is 25.6 Å². The third kappa shape index (κ3) is 4.15. The van der Waals surface area contributed by atoms with E-state index in [1.165, 1.54) is 6.33 Å². The van der Waals surface area contributed by atoms with E-state index in [-0.39, 0.29) is 5.91 Å². The van der Waals surface area contributed by atoms with Crippen LogP contribution in [-0.2, 0) is 0 Å². The maximum Gasteiger partial charge on any atom is 0.251 e. The van der Waals surface area contributed by atoms with Gasteiger partial charge in [-0.05, 0) is 25.1 Å². The third-order valence-electron chi connectivity index (χ3n) is 3.77. The fraction of sp³-hybridized carbons (Fsp3) is 0.222. The van der Waals surface area contributed by atoms with Crippen LogP contribution in [0.15, 0.2) is 49.1 Å². The number of rotatable bonds is 7. The smallest absolute Gasteiger partial charge is 0.251 e.